The Kier molecular flexibility index (Phi) is 4.79. The van der Waals surface area contributed by atoms with Crippen molar-refractivity contribution in [2.75, 3.05) is 5.75 Å². The summed E-state index contributed by atoms with van der Waals surface area (Å²) in [5.74, 6) is -0.0715. The van der Waals surface area contributed by atoms with Crippen molar-refractivity contribution < 1.29 is 15.0 Å². The van der Waals surface area contributed by atoms with Crippen molar-refractivity contribution in [2.45, 2.75) is 25.5 Å². The van der Waals surface area contributed by atoms with Crippen molar-refractivity contribution in [1.82, 2.24) is 20.2 Å². The van der Waals surface area contributed by atoms with Crippen LogP contribution in [0.2, 0.25) is 0 Å². The molecule has 0 spiro atoms. The summed E-state index contributed by atoms with van der Waals surface area (Å²) in [7, 11) is 0. The zero-order valence-corrected chi connectivity index (χ0v) is 12.5. The van der Waals surface area contributed by atoms with E-state index < -0.39 is 0 Å². The van der Waals surface area contributed by atoms with Gasteiger partial charge in [-0.05, 0) is 28.5 Å². The van der Waals surface area contributed by atoms with Gasteiger partial charge in [-0.25, -0.2) is 4.68 Å². The van der Waals surface area contributed by atoms with E-state index in [1.165, 1.54) is 23.9 Å². The van der Waals surface area contributed by atoms with Gasteiger partial charge < -0.3 is 10.2 Å². The van der Waals surface area contributed by atoms with Gasteiger partial charge in [-0.15, -0.1) is 5.10 Å². The topological polar surface area (TPSA) is 101 Å². The fourth-order valence-corrected chi connectivity index (χ4v) is 2.49. The third-order valence-electron chi connectivity index (χ3n) is 2.65. The minimum absolute atomic E-state index is 0.0856. The number of thioether (sulfide) groups is 1. The van der Waals surface area contributed by atoms with E-state index in [9.17, 15) is 15.0 Å². The lowest BCUT2D eigenvalue weighted by Gasteiger charge is -2.07. The van der Waals surface area contributed by atoms with Crippen molar-refractivity contribution in [3.63, 3.8) is 0 Å². The molecule has 1 heterocycles. The number of phenolic OH excluding ortho intramolecular Hbond substituents is 2. The van der Waals surface area contributed by atoms with Crippen molar-refractivity contribution >= 4 is 17.5 Å². The van der Waals surface area contributed by atoms with E-state index in [4.69, 9.17) is 0 Å². The van der Waals surface area contributed by atoms with Gasteiger partial charge in [0.15, 0.2) is 5.78 Å². The minimum atomic E-state index is -0.253. The van der Waals surface area contributed by atoms with Crippen molar-refractivity contribution in [3.05, 3.63) is 23.8 Å². The number of aromatic hydroxyl groups is 2. The Bertz CT molecular complexity index is 642. The number of rotatable bonds is 6. The number of hydrogen-bond acceptors (Lipinski definition) is 7. The number of carbonyl (C=O) groups is 1. The van der Waals surface area contributed by atoms with E-state index >= 15 is 0 Å². The van der Waals surface area contributed by atoms with Crippen LogP contribution >= 0.6 is 11.8 Å². The van der Waals surface area contributed by atoms with E-state index in [0.29, 0.717) is 17.6 Å². The summed E-state index contributed by atoms with van der Waals surface area (Å²) in [6, 6.07) is 3.89. The van der Waals surface area contributed by atoms with Crippen LogP contribution in [-0.2, 0) is 6.54 Å². The summed E-state index contributed by atoms with van der Waals surface area (Å²) < 4.78 is 1.65. The fourth-order valence-electron chi connectivity index (χ4n) is 1.72. The molecule has 1 aromatic carbocycles. The molecule has 0 atom stereocenters. The maximum absolute atomic E-state index is 12.1. The smallest absolute Gasteiger partial charge is 0.209 e. The molecule has 2 rings (SSSR count). The average molecular weight is 308 g/mol. The summed E-state index contributed by atoms with van der Waals surface area (Å²) in [6.45, 7) is 4.78. The molecule has 0 saturated heterocycles. The fraction of sp³-hybridized carbons (Fsp3) is 0.385. The van der Waals surface area contributed by atoms with Crippen LogP contribution in [0, 0.1) is 5.92 Å². The normalized spacial score (nSPS) is 11.0. The van der Waals surface area contributed by atoms with Gasteiger partial charge in [-0.3, -0.25) is 4.79 Å². The second-order valence-corrected chi connectivity index (χ2v) is 5.89. The number of carbonyl (C=O) groups excluding carboxylic acids is 1. The number of tetrazole rings is 1. The summed E-state index contributed by atoms with van der Waals surface area (Å²) in [4.78, 5) is 12.1. The van der Waals surface area contributed by atoms with E-state index in [2.05, 4.69) is 29.4 Å². The molecular formula is C13H16N4O3S. The van der Waals surface area contributed by atoms with Crippen LogP contribution in [0.5, 0.6) is 11.5 Å². The van der Waals surface area contributed by atoms with Crippen molar-refractivity contribution in [2.24, 2.45) is 5.92 Å². The Balaban J connectivity index is 2.03. The molecule has 0 unspecified atom stereocenters. The molecule has 21 heavy (non-hydrogen) atoms. The summed E-state index contributed by atoms with van der Waals surface area (Å²) >= 11 is 1.22. The van der Waals surface area contributed by atoms with Crippen LogP contribution in [0.25, 0.3) is 0 Å². The molecule has 0 aliphatic carbocycles. The molecular weight excluding hydrogens is 292 g/mol. The average Bonchev–Trinajstić information content (AvgIpc) is 2.82. The number of aromatic nitrogens is 4. The van der Waals surface area contributed by atoms with Crippen molar-refractivity contribution in [3.8, 4) is 11.5 Å². The Labute approximate surface area is 126 Å². The number of phenols is 2. The number of nitrogens with zero attached hydrogens (tertiary/aromatic N) is 4. The third-order valence-corrected chi connectivity index (χ3v) is 3.61. The minimum Gasteiger partial charge on any atom is -0.508 e. The standard InChI is InChI=1S/C13H16N4O3S/c1-8(2)6-17-13(14-15-16-17)21-7-12(20)10-4-3-9(18)5-11(10)19/h3-5,8,18-19H,6-7H2,1-2H3. The van der Waals surface area contributed by atoms with Gasteiger partial charge in [0.1, 0.15) is 11.5 Å². The SMILES string of the molecule is CC(C)Cn1nnnc1SCC(=O)c1ccc(O)cc1O. The molecule has 0 amide bonds. The molecule has 2 aromatic rings. The maximum atomic E-state index is 12.1. The van der Waals surface area contributed by atoms with Gasteiger partial charge in [0.25, 0.3) is 0 Å². The molecule has 1 aromatic heterocycles. The number of benzene rings is 1. The van der Waals surface area contributed by atoms with Gasteiger partial charge in [-0.2, -0.15) is 0 Å². The lowest BCUT2D eigenvalue weighted by molar-refractivity contribution is 0.102. The zero-order valence-electron chi connectivity index (χ0n) is 11.7. The second-order valence-electron chi connectivity index (χ2n) is 4.95. The lowest BCUT2D eigenvalue weighted by Crippen LogP contribution is -2.09. The number of Topliss-reactive ketones (excluding diaryl/α,β-unsaturated/α-hetero) is 1. The van der Waals surface area contributed by atoms with Crippen LogP contribution in [0.1, 0.15) is 24.2 Å². The Hall–Kier alpha value is -2.09. The van der Waals surface area contributed by atoms with E-state index in [-0.39, 0.29) is 28.6 Å². The number of ketones is 1. The van der Waals surface area contributed by atoms with Crippen LogP contribution in [0.15, 0.2) is 23.4 Å². The van der Waals surface area contributed by atoms with Crippen LogP contribution < -0.4 is 0 Å². The van der Waals surface area contributed by atoms with Crippen molar-refractivity contribution in [1.29, 1.82) is 0 Å². The molecule has 7 nitrogen and oxygen atoms in total. The van der Waals surface area contributed by atoms with Crippen LogP contribution in [-0.4, -0.2) is 42.0 Å². The van der Waals surface area contributed by atoms with Crippen LogP contribution in [0.3, 0.4) is 0 Å². The Morgan fingerprint density at radius 1 is 1.38 bits per heavy atom. The molecule has 0 radical (unpaired) electrons. The van der Waals surface area contributed by atoms with Gasteiger partial charge in [0.05, 0.1) is 11.3 Å². The number of hydrogen-bond donors (Lipinski definition) is 2. The van der Waals surface area contributed by atoms with Gasteiger partial charge in [0, 0.05) is 12.6 Å². The van der Waals surface area contributed by atoms with E-state index in [1.54, 1.807) is 4.68 Å². The first-order chi connectivity index (χ1) is 9.97. The molecule has 0 aliphatic heterocycles. The first-order valence-electron chi connectivity index (χ1n) is 6.41. The second kappa shape index (κ2) is 6.57. The molecule has 0 fully saturated rings. The highest BCUT2D eigenvalue weighted by Gasteiger charge is 2.15. The first kappa shape index (κ1) is 15.3. The highest BCUT2D eigenvalue weighted by molar-refractivity contribution is 7.99. The third kappa shape index (κ3) is 3.94. The lowest BCUT2D eigenvalue weighted by atomic mass is 10.1. The summed E-state index contributed by atoms with van der Waals surface area (Å²) in [5, 5.41) is 30.8. The van der Waals surface area contributed by atoms with E-state index in [1.807, 2.05) is 0 Å². The van der Waals surface area contributed by atoms with Gasteiger partial charge in [-0.1, -0.05) is 25.6 Å². The van der Waals surface area contributed by atoms with E-state index in [0.717, 1.165) is 6.07 Å². The molecule has 112 valence electrons. The van der Waals surface area contributed by atoms with Gasteiger partial charge >= 0.3 is 0 Å². The maximum Gasteiger partial charge on any atom is 0.209 e. The Morgan fingerprint density at radius 3 is 2.81 bits per heavy atom. The molecule has 0 aliphatic rings. The molecule has 0 saturated carbocycles. The molecule has 8 heteroatoms. The molecule has 0 bridgehead atoms. The zero-order chi connectivity index (χ0) is 15.4. The summed E-state index contributed by atoms with van der Waals surface area (Å²) in [6.07, 6.45) is 0. The summed E-state index contributed by atoms with van der Waals surface area (Å²) in [5.41, 5.74) is 0.170. The highest BCUT2D eigenvalue weighted by Crippen LogP contribution is 2.25. The first-order valence-corrected chi connectivity index (χ1v) is 7.40. The monoisotopic (exact) mass is 308 g/mol. The van der Waals surface area contributed by atoms with Crippen LogP contribution in [0.4, 0.5) is 0 Å². The predicted molar refractivity (Wildman–Crippen MR) is 77.5 cm³/mol. The highest BCUT2D eigenvalue weighted by atomic mass is 32.2. The quantitative estimate of drug-likeness (QED) is 0.619. The predicted octanol–water partition coefficient (Wildman–Crippen LogP) is 1.72. The Morgan fingerprint density at radius 2 is 2.14 bits per heavy atom. The molecule has 2 N–H and O–H groups in total. The largest absolute Gasteiger partial charge is 0.508 e. The van der Waals surface area contributed by atoms with Gasteiger partial charge in [0.2, 0.25) is 5.16 Å².